The summed E-state index contributed by atoms with van der Waals surface area (Å²) in [6.45, 7) is 7.72. The number of aromatic amines is 1. The van der Waals surface area contributed by atoms with Crippen LogP contribution in [0.4, 0.5) is 10.5 Å². The van der Waals surface area contributed by atoms with E-state index in [1.807, 2.05) is 33.9 Å². The lowest BCUT2D eigenvalue weighted by Gasteiger charge is -2.38. The largest absolute Gasteiger partial charge is 0.443 e. The molecule has 0 bridgehead atoms. The maximum atomic E-state index is 12.2. The second-order valence-electron chi connectivity index (χ2n) is 8.74. The Kier molecular flexibility index (Phi) is 4.88. The number of fused-ring (bicyclic) bond motifs is 1. The number of benzene rings is 1. The number of carbonyl (C=O) groups excluding carboxylic acids is 1. The van der Waals surface area contributed by atoms with E-state index in [1.54, 1.807) is 12.1 Å². The van der Waals surface area contributed by atoms with E-state index in [-0.39, 0.29) is 22.1 Å². The van der Waals surface area contributed by atoms with E-state index >= 15 is 0 Å². The zero-order chi connectivity index (χ0) is 19.8. The van der Waals surface area contributed by atoms with E-state index in [0.717, 1.165) is 35.7 Å². The standard InChI is InChI=1S/C20H27N3O4/c1-19(2,3)22-18(24)27-20(4)9-5-6-13(11-20)16-12-21-17-8-7-14(23(25)26)10-15(16)17/h7-8,10,12-13,21H,5-6,9,11H2,1-4H3,(H,22,24). The van der Waals surface area contributed by atoms with Crippen molar-refractivity contribution in [1.29, 1.82) is 0 Å². The summed E-state index contributed by atoms with van der Waals surface area (Å²) in [5, 5.41) is 14.8. The minimum atomic E-state index is -0.553. The number of carbonyl (C=O) groups is 1. The maximum Gasteiger partial charge on any atom is 0.408 e. The topological polar surface area (TPSA) is 97.3 Å². The van der Waals surface area contributed by atoms with Crippen LogP contribution < -0.4 is 5.32 Å². The fourth-order valence-electron chi connectivity index (χ4n) is 3.94. The Labute approximate surface area is 158 Å². The molecule has 2 N–H and O–H groups in total. The molecule has 7 nitrogen and oxygen atoms in total. The number of alkyl carbamates (subject to hydrolysis) is 1. The van der Waals surface area contributed by atoms with E-state index in [1.165, 1.54) is 6.07 Å². The average Bonchev–Trinajstić information content (AvgIpc) is 2.95. The molecule has 1 amide bonds. The highest BCUT2D eigenvalue weighted by Gasteiger charge is 2.37. The Morgan fingerprint density at radius 3 is 2.81 bits per heavy atom. The van der Waals surface area contributed by atoms with Gasteiger partial charge >= 0.3 is 6.09 Å². The molecule has 1 fully saturated rings. The quantitative estimate of drug-likeness (QED) is 0.583. The van der Waals surface area contributed by atoms with Gasteiger partial charge in [0.05, 0.1) is 4.92 Å². The van der Waals surface area contributed by atoms with Gasteiger partial charge in [0.15, 0.2) is 0 Å². The summed E-state index contributed by atoms with van der Waals surface area (Å²) in [6.07, 6.45) is 4.94. The van der Waals surface area contributed by atoms with Crippen molar-refractivity contribution >= 4 is 22.7 Å². The molecule has 1 heterocycles. The third-order valence-electron chi connectivity index (χ3n) is 5.10. The van der Waals surface area contributed by atoms with Crippen molar-refractivity contribution in [1.82, 2.24) is 10.3 Å². The first-order valence-electron chi connectivity index (χ1n) is 9.33. The van der Waals surface area contributed by atoms with Crippen LogP contribution in [-0.4, -0.2) is 27.1 Å². The van der Waals surface area contributed by atoms with Gasteiger partial charge in [-0.25, -0.2) is 4.79 Å². The number of rotatable bonds is 3. The minimum Gasteiger partial charge on any atom is -0.443 e. The molecule has 2 unspecified atom stereocenters. The van der Waals surface area contributed by atoms with Crippen molar-refractivity contribution < 1.29 is 14.5 Å². The van der Waals surface area contributed by atoms with Crippen LogP contribution in [0.5, 0.6) is 0 Å². The molecule has 2 aromatic rings. The van der Waals surface area contributed by atoms with Crippen molar-refractivity contribution in [2.24, 2.45) is 0 Å². The normalized spacial score (nSPS) is 23.2. The monoisotopic (exact) mass is 373 g/mol. The molecule has 1 aromatic heterocycles. The number of ether oxygens (including phenoxy) is 1. The Balaban J connectivity index is 1.82. The number of nitro benzene ring substituents is 1. The number of nitrogens with one attached hydrogen (secondary N) is 2. The van der Waals surface area contributed by atoms with Gasteiger partial charge in [-0.3, -0.25) is 10.1 Å². The van der Waals surface area contributed by atoms with Crippen LogP contribution in [0.3, 0.4) is 0 Å². The first kappa shape index (κ1) is 19.2. The van der Waals surface area contributed by atoms with Gasteiger partial charge in [0, 0.05) is 34.8 Å². The molecule has 2 atom stereocenters. The van der Waals surface area contributed by atoms with Gasteiger partial charge in [0.1, 0.15) is 5.60 Å². The molecule has 1 saturated carbocycles. The van der Waals surface area contributed by atoms with Gasteiger partial charge in [0.2, 0.25) is 0 Å². The second-order valence-corrected chi connectivity index (χ2v) is 8.74. The van der Waals surface area contributed by atoms with Gasteiger partial charge in [-0.2, -0.15) is 0 Å². The third kappa shape index (κ3) is 4.40. The van der Waals surface area contributed by atoms with Gasteiger partial charge in [-0.05, 0) is 70.9 Å². The first-order valence-corrected chi connectivity index (χ1v) is 9.33. The molecule has 0 saturated heterocycles. The number of hydrogen-bond donors (Lipinski definition) is 2. The van der Waals surface area contributed by atoms with Crippen LogP contribution in [-0.2, 0) is 4.74 Å². The molecule has 27 heavy (non-hydrogen) atoms. The van der Waals surface area contributed by atoms with Crippen molar-refractivity contribution in [3.63, 3.8) is 0 Å². The van der Waals surface area contributed by atoms with Crippen molar-refractivity contribution in [2.75, 3.05) is 0 Å². The summed E-state index contributed by atoms with van der Waals surface area (Å²) in [7, 11) is 0. The maximum absolute atomic E-state index is 12.2. The van der Waals surface area contributed by atoms with E-state index in [4.69, 9.17) is 4.74 Å². The van der Waals surface area contributed by atoms with Crippen LogP contribution >= 0.6 is 0 Å². The van der Waals surface area contributed by atoms with E-state index in [2.05, 4.69) is 10.3 Å². The summed E-state index contributed by atoms with van der Waals surface area (Å²) in [5.74, 6) is 0.182. The molecule has 1 aliphatic rings. The highest BCUT2D eigenvalue weighted by atomic mass is 16.6. The Morgan fingerprint density at radius 2 is 2.15 bits per heavy atom. The predicted molar refractivity (Wildman–Crippen MR) is 104 cm³/mol. The van der Waals surface area contributed by atoms with Gasteiger partial charge < -0.3 is 15.0 Å². The Bertz CT molecular complexity index is 868. The summed E-state index contributed by atoms with van der Waals surface area (Å²) in [6, 6.07) is 4.88. The number of nitro groups is 1. The minimum absolute atomic E-state index is 0.0859. The van der Waals surface area contributed by atoms with Gasteiger partial charge in [-0.15, -0.1) is 0 Å². The van der Waals surface area contributed by atoms with Crippen molar-refractivity contribution in [3.8, 4) is 0 Å². The molecule has 3 rings (SSSR count). The van der Waals surface area contributed by atoms with E-state index in [0.29, 0.717) is 6.42 Å². The molecule has 146 valence electrons. The summed E-state index contributed by atoms with van der Waals surface area (Å²) in [4.78, 5) is 26.2. The van der Waals surface area contributed by atoms with E-state index < -0.39 is 11.7 Å². The van der Waals surface area contributed by atoms with Crippen LogP contribution in [0.15, 0.2) is 24.4 Å². The Morgan fingerprint density at radius 1 is 1.41 bits per heavy atom. The lowest BCUT2D eigenvalue weighted by molar-refractivity contribution is -0.384. The highest BCUT2D eigenvalue weighted by molar-refractivity contribution is 5.86. The molecular weight excluding hydrogens is 346 g/mol. The lowest BCUT2D eigenvalue weighted by atomic mass is 9.76. The smallest absolute Gasteiger partial charge is 0.408 e. The molecular formula is C20H27N3O4. The molecule has 1 aliphatic carbocycles. The number of non-ortho nitro benzene ring substituents is 1. The van der Waals surface area contributed by atoms with Crippen LogP contribution in [0.25, 0.3) is 10.9 Å². The molecule has 0 radical (unpaired) electrons. The van der Waals surface area contributed by atoms with Gasteiger partial charge in [-0.1, -0.05) is 0 Å². The lowest BCUT2D eigenvalue weighted by Crippen LogP contribution is -2.46. The zero-order valence-corrected chi connectivity index (χ0v) is 16.3. The van der Waals surface area contributed by atoms with Crippen LogP contribution in [0, 0.1) is 10.1 Å². The summed E-state index contributed by atoms with van der Waals surface area (Å²) >= 11 is 0. The second kappa shape index (κ2) is 6.87. The fraction of sp³-hybridized carbons (Fsp3) is 0.550. The predicted octanol–water partition coefficient (Wildman–Crippen LogP) is 5.02. The van der Waals surface area contributed by atoms with Gasteiger partial charge in [0.25, 0.3) is 5.69 Å². The molecule has 0 spiro atoms. The molecule has 0 aliphatic heterocycles. The van der Waals surface area contributed by atoms with Crippen molar-refractivity contribution in [3.05, 3.63) is 40.1 Å². The molecule has 1 aromatic carbocycles. The van der Waals surface area contributed by atoms with Crippen molar-refractivity contribution in [2.45, 2.75) is 70.4 Å². The molecule has 7 heteroatoms. The number of nitrogens with zero attached hydrogens (tertiary/aromatic N) is 1. The average molecular weight is 373 g/mol. The highest BCUT2D eigenvalue weighted by Crippen LogP contribution is 2.43. The van der Waals surface area contributed by atoms with E-state index in [9.17, 15) is 14.9 Å². The third-order valence-corrected chi connectivity index (χ3v) is 5.10. The number of H-pyrrole nitrogens is 1. The fourth-order valence-corrected chi connectivity index (χ4v) is 3.94. The number of amides is 1. The van der Waals surface area contributed by atoms with Crippen LogP contribution in [0.2, 0.25) is 0 Å². The first-order chi connectivity index (χ1) is 12.6. The summed E-state index contributed by atoms with van der Waals surface area (Å²) in [5.41, 5.74) is 1.12. The summed E-state index contributed by atoms with van der Waals surface area (Å²) < 4.78 is 5.79. The zero-order valence-electron chi connectivity index (χ0n) is 16.3. The SMILES string of the molecule is CC(C)(C)NC(=O)OC1(C)CCCC(c2c[nH]c3ccc([N+](=O)[O-])cc23)C1. The van der Waals surface area contributed by atoms with Crippen LogP contribution in [0.1, 0.15) is 64.9 Å². The number of aromatic nitrogens is 1. The Hall–Kier alpha value is -2.57. The number of hydrogen-bond acceptors (Lipinski definition) is 4.